The van der Waals surface area contributed by atoms with Gasteiger partial charge in [-0.1, -0.05) is 0 Å². The molecule has 0 amide bonds. The SMILES string of the molecule is C[Si]1(C)C([Se]c2ccccc2)=C(c2ccccc2)C(c2ccccc2)=C1[Se]c1ccccc1. The van der Waals surface area contributed by atoms with Gasteiger partial charge >= 0.3 is 212 Å². The van der Waals surface area contributed by atoms with Crippen molar-refractivity contribution in [2.45, 2.75) is 13.1 Å². The van der Waals surface area contributed by atoms with Gasteiger partial charge in [-0.15, -0.1) is 0 Å². The van der Waals surface area contributed by atoms with Crippen molar-refractivity contribution in [1.82, 2.24) is 0 Å². The predicted octanol–water partition coefficient (Wildman–Crippen LogP) is 5.67. The summed E-state index contributed by atoms with van der Waals surface area (Å²) < 4.78 is 6.38. The van der Waals surface area contributed by atoms with Crippen LogP contribution in [0.15, 0.2) is 130 Å². The van der Waals surface area contributed by atoms with E-state index < -0.39 is 8.07 Å². The van der Waals surface area contributed by atoms with E-state index >= 15 is 0 Å². The zero-order valence-electron chi connectivity index (χ0n) is 18.9. The van der Waals surface area contributed by atoms with Crippen LogP contribution in [0.2, 0.25) is 13.1 Å². The van der Waals surface area contributed by atoms with Crippen LogP contribution in [0.3, 0.4) is 0 Å². The molecule has 33 heavy (non-hydrogen) atoms. The molecule has 5 rings (SSSR count). The molecule has 0 atom stereocenters. The Labute approximate surface area is 210 Å². The van der Waals surface area contributed by atoms with Gasteiger partial charge in [0.05, 0.1) is 0 Å². The average molecular weight is 573 g/mol. The molecule has 1 heterocycles. The second kappa shape index (κ2) is 9.85. The molecule has 0 bridgehead atoms. The van der Waals surface area contributed by atoms with E-state index in [1.165, 1.54) is 31.2 Å². The third-order valence-electron chi connectivity index (χ3n) is 5.89. The van der Waals surface area contributed by atoms with Gasteiger partial charge in [0.2, 0.25) is 0 Å². The van der Waals surface area contributed by atoms with Crippen LogP contribution in [0.25, 0.3) is 11.1 Å². The Morgan fingerprint density at radius 1 is 0.424 bits per heavy atom. The molecule has 162 valence electrons. The maximum atomic E-state index is 2.59. The Morgan fingerprint density at radius 2 is 0.727 bits per heavy atom. The molecule has 0 spiro atoms. The fourth-order valence-corrected chi connectivity index (χ4v) is 17.1. The van der Waals surface area contributed by atoms with Gasteiger partial charge in [0, 0.05) is 0 Å². The standard InChI is InChI=1S/C30H26Se2Si/c1-33(2)29(31-25-19-11-5-12-20-25)27(23-15-7-3-8-16-23)28(24-17-9-4-10-18-24)30(33)32-26-21-13-6-14-22-26/h3-22H,1-2H3. The van der Waals surface area contributed by atoms with E-state index in [0.29, 0.717) is 29.9 Å². The summed E-state index contributed by atoms with van der Waals surface area (Å²) in [6.07, 6.45) is 0. The molecular weight excluding hydrogens is 546 g/mol. The summed E-state index contributed by atoms with van der Waals surface area (Å²) in [6, 6.07) is 44.5. The van der Waals surface area contributed by atoms with E-state index in [0.717, 1.165) is 0 Å². The second-order valence-corrected chi connectivity index (χ2v) is 19.0. The van der Waals surface area contributed by atoms with Crippen molar-refractivity contribution in [2.75, 3.05) is 0 Å². The Balaban J connectivity index is 1.76. The first-order valence-corrected chi connectivity index (χ1v) is 17.6. The molecule has 0 nitrogen and oxygen atoms in total. The van der Waals surface area contributed by atoms with Gasteiger partial charge in [-0.25, -0.2) is 0 Å². The van der Waals surface area contributed by atoms with Crippen molar-refractivity contribution in [3.63, 3.8) is 0 Å². The monoisotopic (exact) mass is 574 g/mol. The molecule has 0 saturated heterocycles. The molecule has 1 aliphatic rings. The third kappa shape index (κ3) is 4.66. The van der Waals surface area contributed by atoms with E-state index in [4.69, 9.17) is 0 Å². The number of hydrogen-bond donors (Lipinski definition) is 0. The molecule has 0 N–H and O–H groups in total. The molecule has 4 aromatic rings. The van der Waals surface area contributed by atoms with Gasteiger partial charge in [-0.3, -0.25) is 0 Å². The minimum atomic E-state index is -1.84. The molecule has 0 aliphatic carbocycles. The fourth-order valence-electron chi connectivity index (χ4n) is 4.29. The van der Waals surface area contributed by atoms with E-state index in [9.17, 15) is 0 Å². The minimum absolute atomic E-state index is 0.302. The maximum absolute atomic E-state index is 2.59. The number of rotatable bonds is 6. The van der Waals surface area contributed by atoms with Crippen LogP contribution in [0, 0.1) is 0 Å². The second-order valence-electron chi connectivity index (χ2n) is 8.60. The fraction of sp³-hybridized carbons (Fsp3) is 0.0667. The van der Waals surface area contributed by atoms with Crippen LogP contribution < -0.4 is 8.92 Å². The Kier molecular flexibility index (Phi) is 6.69. The van der Waals surface area contributed by atoms with Crippen LogP contribution in [0.5, 0.6) is 0 Å². The average Bonchev–Trinajstić information content (AvgIpc) is 3.08. The Bertz CT molecular complexity index is 1190. The van der Waals surface area contributed by atoms with Gasteiger partial charge in [-0.05, 0) is 0 Å². The van der Waals surface area contributed by atoms with E-state index in [1.807, 2.05) is 0 Å². The normalized spacial score (nSPS) is 15.2. The van der Waals surface area contributed by atoms with E-state index in [1.54, 1.807) is 8.19 Å². The van der Waals surface area contributed by atoms with Crippen molar-refractivity contribution in [1.29, 1.82) is 0 Å². The molecule has 0 unspecified atom stereocenters. The third-order valence-corrected chi connectivity index (χ3v) is 20.0. The van der Waals surface area contributed by atoms with Crippen molar-refractivity contribution >= 4 is 58.1 Å². The topological polar surface area (TPSA) is 0 Å². The quantitative estimate of drug-likeness (QED) is 0.262. The summed E-state index contributed by atoms with van der Waals surface area (Å²) in [5, 5.41) is 0. The number of benzene rings is 4. The van der Waals surface area contributed by atoms with E-state index in [2.05, 4.69) is 134 Å². The number of allylic oxidation sites excluding steroid dienone is 2. The molecule has 3 heteroatoms. The zero-order valence-corrected chi connectivity index (χ0v) is 23.3. The molecule has 0 saturated carbocycles. The molecule has 0 aromatic heterocycles. The van der Waals surface area contributed by atoms with Crippen molar-refractivity contribution in [3.05, 3.63) is 141 Å². The van der Waals surface area contributed by atoms with Crippen molar-refractivity contribution < 1.29 is 0 Å². The summed E-state index contributed by atoms with van der Waals surface area (Å²) >= 11 is 0.605. The van der Waals surface area contributed by atoms with Crippen LogP contribution in [0.4, 0.5) is 0 Å². The first-order chi connectivity index (χ1) is 16.1. The summed E-state index contributed by atoms with van der Waals surface area (Å²) in [7, 11) is -1.84. The summed E-state index contributed by atoms with van der Waals surface area (Å²) in [5.74, 6) is 0. The molecule has 4 aromatic carbocycles. The first kappa shape index (κ1) is 22.4. The van der Waals surface area contributed by atoms with Gasteiger partial charge in [0.25, 0.3) is 0 Å². The van der Waals surface area contributed by atoms with E-state index in [-0.39, 0.29) is 0 Å². The zero-order chi connectivity index (χ0) is 22.7. The summed E-state index contributed by atoms with van der Waals surface area (Å²) in [4.78, 5) is 0. The Hall–Kier alpha value is -2.38. The van der Waals surface area contributed by atoms with Gasteiger partial charge in [0.1, 0.15) is 0 Å². The molecular formula is C30H26Se2Si. The van der Waals surface area contributed by atoms with Crippen molar-refractivity contribution in [2.24, 2.45) is 0 Å². The predicted molar refractivity (Wildman–Crippen MR) is 148 cm³/mol. The van der Waals surface area contributed by atoms with Gasteiger partial charge in [-0.2, -0.15) is 0 Å². The van der Waals surface area contributed by atoms with Crippen molar-refractivity contribution in [3.8, 4) is 0 Å². The molecule has 0 fully saturated rings. The Morgan fingerprint density at radius 3 is 1.06 bits per heavy atom. The summed E-state index contributed by atoms with van der Waals surface area (Å²) in [6.45, 7) is 5.18. The van der Waals surface area contributed by atoms with Crippen LogP contribution >= 0.6 is 0 Å². The van der Waals surface area contributed by atoms with Gasteiger partial charge in [0.15, 0.2) is 0 Å². The van der Waals surface area contributed by atoms with Crippen LogP contribution in [-0.4, -0.2) is 38.0 Å². The summed E-state index contributed by atoms with van der Waals surface area (Å²) in [5.41, 5.74) is 5.75. The van der Waals surface area contributed by atoms with Crippen LogP contribution in [-0.2, 0) is 0 Å². The van der Waals surface area contributed by atoms with Gasteiger partial charge < -0.3 is 0 Å². The molecule has 0 radical (unpaired) electrons. The van der Waals surface area contributed by atoms with Crippen LogP contribution in [0.1, 0.15) is 11.1 Å². The first-order valence-electron chi connectivity index (χ1n) is 11.2. The number of hydrogen-bond acceptors (Lipinski definition) is 0. The molecule has 1 aliphatic heterocycles.